The molecule has 3 aromatic carbocycles. The molecule has 0 saturated carbocycles. The molecule has 1 heterocycles. The molecule has 0 aliphatic carbocycles. The van der Waals surface area contributed by atoms with Gasteiger partial charge < -0.3 is 5.32 Å². The third-order valence-corrected chi connectivity index (χ3v) is 7.80. The minimum Gasteiger partial charge on any atom is -0.322 e. The highest BCUT2D eigenvalue weighted by Gasteiger charge is 2.25. The fourth-order valence-corrected chi connectivity index (χ4v) is 5.48. The van der Waals surface area contributed by atoms with E-state index in [-0.39, 0.29) is 10.8 Å². The molecule has 1 aliphatic heterocycles. The number of sulfonamides is 1. The van der Waals surface area contributed by atoms with E-state index in [4.69, 9.17) is 5.26 Å². The van der Waals surface area contributed by atoms with E-state index in [2.05, 4.69) is 11.4 Å². The highest BCUT2D eigenvalue weighted by molar-refractivity contribution is 7.89. The second-order valence-electron chi connectivity index (χ2n) is 8.16. The first-order valence-corrected chi connectivity index (χ1v) is 12.4. The van der Waals surface area contributed by atoms with E-state index in [1.807, 2.05) is 31.2 Å². The van der Waals surface area contributed by atoms with Gasteiger partial charge in [0.25, 0.3) is 5.91 Å². The zero-order chi connectivity index (χ0) is 23.4. The van der Waals surface area contributed by atoms with Gasteiger partial charge in [-0.15, -0.1) is 0 Å². The first kappa shape index (κ1) is 22.7. The van der Waals surface area contributed by atoms with Gasteiger partial charge in [0.05, 0.1) is 16.5 Å². The van der Waals surface area contributed by atoms with Crippen LogP contribution in [0.2, 0.25) is 0 Å². The lowest BCUT2D eigenvalue weighted by Gasteiger charge is -2.25. The number of nitriles is 1. The van der Waals surface area contributed by atoms with Gasteiger partial charge in [0.15, 0.2) is 0 Å². The Morgan fingerprint density at radius 3 is 2.24 bits per heavy atom. The number of hydrogen-bond acceptors (Lipinski definition) is 4. The number of benzene rings is 3. The number of hydrogen-bond donors (Lipinski definition) is 1. The van der Waals surface area contributed by atoms with Crippen molar-refractivity contribution in [1.29, 1.82) is 5.26 Å². The molecule has 0 unspecified atom stereocenters. The molecule has 0 aromatic heterocycles. The molecule has 1 saturated heterocycles. The van der Waals surface area contributed by atoms with Crippen molar-refractivity contribution in [2.75, 3.05) is 18.4 Å². The standard InChI is InChI=1S/C26H25N3O3S/c1-19-5-8-22(17-25(19)21-9-6-20(18-27)7-10-21)26(30)28-23-11-13-24(14-12-23)33(31,32)29-15-3-2-4-16-29/h5-14,17H,2-4,15-16H2,1H3,(H,28,30). The third-order valence-electron chi connectivity index (χ3n) is 5.89. The molecule has 4 rings (SSSR count). The summed E-state index contributed by atoms with van der Waals surface area (Å²) in [5.41, 5.74) is 4.45. The summed E-state index contributed by atoms with van der Waals surface area (Å²) < 4.78 is 27.1. The molecule has 1 aliphatic rings. The minimum absolute atomic E-state index is 0.237. The quantitative estimate of drug-likeness (QED) is 0.584. The molecule has 0 atom stereocenters. The van der Waals surface area contributed by atoms with Gasteiger partial charge >= 0.3 is 0 Å². The molecule has 168 valence electrons. The van der Waals surface area contributed by atoms with Crippen LogP contribution >= 0.6 is 0 Å². The highest BCUT2D eigenvalue weighted by atomic mass is 32.2. The molecule has 1 N–H and O–H groups in total. The zero-order valence-corrected chi connectivity index (χ0v) is 19.2. The maximum absolute atomic E-state index is 12.9. The summed E-state index contributed by atoms with van der Waals surface area (Å²) in [6, 6.07) is 21.1. The maximum atomic E-state index is 12.9. The smallest absolute Gasteiger partial charge is 0.255 e. The second kappa shape index (κ2) is 9.57. The molecule has 6 nitrogen and oxygen atoms in total. The molecule has 0 radical (unpaired) electrons. The summed E-state index contributed by atoms with van der Waals surface area (Å²) in [5, 5.41) is 11.8. The Kier molecular flexibility index (Phi) is 6.59. The van der Waals surface area contributed by atoms with E-state index in [9.17, 15) is 13.2 Å². The number of piperidine rings is 1. The SMILES string of the molecule is Cc1ccc(C(=O)Nc2ccc(S(=O)(=O)N3CCCCC3)cc2)cc1-c1ccc(C#N)cc1. The van der Waals surface area contributed by atoms with Crippen molar-refractivity contribution in [3.63, 3.8) is 0 Å². The Morgan fingerprint density at radius 1 is 0.939 bits per heavy atom. The Hall–Kier alpha value is -3.47. The normalized spacial score (nSPS) is 14.4. The van der Waals surface area contributed by atoms with Crippen molar-refractivity contribution in [2.24, 2.45) is 0 Å². The van der Waals surface area contributed by atoms with E-state index < -0.39 is 10.0 Å². The number of rotatable bonds is 5. The van der Waals surface area contributed by atoms with E-state index >= 15 is 0 Å². The lowest BCUT2D eigenvalue weighted by molar-refractivity contribution is 0.102. The molecule has 33 heavy (non-hydrogen) atoms. The number of carbonyl (C=O) groups excluding carboxylic acids is 1. The summed E-state index contributed by atoms with van der Waals surface area (Å²) in [4.78, 5) is 13.1. The monoisotopic (exact) mass is 459 g/mol. The van der Waals surface area contributed by atoms with Crippen LogP contribution in [0.25, 0.3) is 11.1 Å². The van der Waals surface area contributed by atoms with Crippen LogP contribution in [0.1, 0.15) is 40.7 Å². The van der Waals surface area contributed by atoms with E-state index in [1.165, 1.54) is 16.4 Å². The molecule has 3 aromatic rings. The topological polar surface area (TPSA) is 90.3 Å². The van der Waals surface area contributed by atoms with Crippen LogP contribution in [0.4, 0.5) is 5.69 Å². The maximum Gasteiger partial charge on any atom is 0.255 e. The van der Waals surface area contributed by atoms with Gasteiger partial charge in [0.2, 0.25) is 10.0 Å². The fourth-order valence-electron chi connectivity index (χ4n) is 3.97. The molecule has 1 amide bonds. The highest BCUT2D eigenvalue weighted by Crippen LogP contribution is 2.26. The average Bonchev–Trinajstić information content (AvgIpc) is 2.85. The number of carbonyl (C=O) groups is 1. The summed E-state index contributed by atoms with van der Waals surface area (Å²) >= 11 is 0. The lowest BCUT2D eigenvalue weighted by atomic mass is 9.97. The molecular formula is C26H25N3O3S. The van der Waals surface area contributed by atoms with Crippen molar-refractivity contribution in [3.05, 3.63) is 83.4 Å². The molecule has 0 spiro atoms. The van der Waals surface area contributed by atoms with Crippen molar-refractivity contribution in [2.45, 2.75) is 31.1 Å². The van der Waals surface area contributed by atoms with Crippen LogP contribution in [0, 0.1) is 18.3 Å². The first-order valence-electron chi connectivity index (χ1n) is 10.9. The summed E-state index contributed by atoms with van der Waals surface area (Å²) in [6.45, 7) is 3.07. The van der Waals surface area contributed by atoms with Crippen molar-refractivity contribution in [3.8, 4) is 17.2 Å². The Bertz CT molecular complexity index is 1300. The predicted molar refractivity (Wildman–Crippen MR) is 128 cm³/mol. The molecule has 1 fully saturated rings. The van der Waals surface area contributed by atoms with E-state index in [1.54, 1.807) is 30.3 Å². The van der Waals surface area contributed by atoms with Crippen LogP contribution in [-0.2, 0) is 10.0 Å². The van der Waals surface area contributed by atoms with E-state index in [0.29, 0.717) is 29.9 Å². The molecule has 0 bridgehead atoms. The zero-order valence-electron chi connectivity index (χ0n) is 18.4. The number of amides is 1. The lowest BCUT2D eigenvalue weighted by Crippen LogP contribution is -2.35. The van der Waals surface area contributed by atoms with E-state index in [0.717, 1.165) is 36.0 Å². The summed E-state index contributed by atoms with van der Waals surface area (Å²) in [7, 11) is -3.51. The molecule has 7 heteroatoms. The third kappa shape index (κ3) is 4.98. The number of aryl methyl sites for hydroxylation is 1. The number of nitrogens with zero attached hydrogens (tertiary/aromatic N) is 2. The second-order valence-corrected chi connectivity index (χ2v) is 10.1. The summed E-state index contributed by atoms with van der Waals surface area (Å²) in [5.74, 6) is -0.281. The first-order chi connectivity index (χ1) is 15.9. The predicted octanol–water partition coefficient (Wildman–Crippen LogP) is 4.96. The average molecular weight is 460 g/mol. The van der Waals surface area contributed by atoms with Crippen molar-refractivity contribution >= 4 is 21.6 Å². The van der Waals surface area contributed by atoms with Gasteiger partial charge in [0.1, 0.15) is 0 Å². The van der Waals surface area contributed by atoms with Crippen LogP contribution in [-0.4, -0.2) is 31.7 Å². The van der Waals surface area contributed by atoms with Gasteiger partial charge in [0, 0.05) is 24.3 Å². The van der Waals surface area contributed by atoms with Crippen LogP contribution in [0.3, 0.4) is 0 Å². The van der Waals surface area contributed by atoms with Gasteiger partial charge in [-0.25, -0.2) is 8.42 Å². The van der Waals surface area contributed by atoms with Crippen LogP contribution in [0.5, 0.6) is 0 Å². The summed E-state index contributed by atoms with van der Waals surface area (Å²) in [6.07, 6.45) is 2.83. The van der Waals surface area contributed by atoms with Gasteiger partial charge in [-0.2, -0.15) is 9.57 Å². The van der Waals surface area contributed by atoms with Gasteiger partial charge in [-0.1, -0.05) is 24.6 Å². The Labute approximate surface area is 194 Å². The van der Waals surface area contributed by atoms with Crippen molar-refractivity contribution in [1.82, 2.24) is 4.31 Å². The fraction of sp³-hybridized carbons (Fsp3) is 0.231. The molecular weight excluding hydrogens is 434 g/mol. The number of anilines is 1. The van der Waals surface area contributed by atoms with Crippen molar-refractivity contribution < 1.29 is 13.2 Å². The Balaban J connectivity index is 1.51. The van der Waals surface area contributed by atoms with Crippen LogP contribution < -0.4 is 5.32 Å². The largest absolute Gasteiger partial charge is 0.322 e. The number of nitrogens with one attached hydrogen (secondary N) is 1. The van der Waals surface area contributed by atoms with Gasteiger partial charge in [-0.05, 0) is 85.0 Å². The van der Waals surface area contributed by atoms with Gasteiger partial charge in [-0.3, -0.25) is 4.79 Å². The minimum atomic E-state index is -3.51. The van der Waals surface area contributed by atoms with Crippen LogP contribution in [0.15, 0.2) is 71.6 Å². The Morgan fingerprint density at radius 2 is 1.61 bits per heavy atom.